The smallest absolute Gasteiger partial charge is 0.417 e. The van der Waals surface area contributed by atoms with Gasteiger partial charge in [0.25, 0.3) is 5.91 Å². The Hall–Kier alpha value is -3.46. The van der Waals surface area contributed by atoms with Crippen LogP contribution in [0.4, 0.5) is 13.2 Å². The molecule has 0 radical (unpaired) electrons. The van der Waals surface area contributed by atoms with E-state index in [-0.39, 0.29) is 24.4 Å². The first kappa shape index (κ1) is 30.0. The van der Waals surface area contributed by atoms with Gasteiger partial charge in [-0.05, 0) is 62.4 Å². The molecule has 1 aromatic rings. The van der Waals surface area contributed by atoms with E-state index in [9.17, 15) is 48.0 Å². The van der Waals surface area contributed by atoms with E-state index in [1.165, 1.54) is 19.0 Å². The normalized spacial score (nSPS) is 29.6. The second-order valence-electron chi connectivity index (χ2n) is 11.6. The lowest BCUT2D eigenvalue weighted by Gasteiger charge is -2.50. The van der Waals surface area contributed by atoms with Crippen LogP contribution in [-0.2, 0) is 33.5 Å². The number of nitrogens with zero attached hydrogens (tertiary/aromatic N) is 1. The highest BCUT2D eigenvalue weighted by atomic mass is 19.4. The Morgan fingerprint density at radius 2 is 1.93 bits per heavy atom. The number of ketones is 2. The number of nitrogens with one attached hydrogen (secondary N) is 1. The fourth-order valence-corrected chi connectivity index (χ4v) is 7.04. The molecule has 7 N–H and O–H groups in total. The number of benzene rings is 1. The van der Waals surface area contributed by atoms with E-state index < -0.39 is 98.7 Å². The number of carbonyl (C=O) groups is 3. The van der Waals surface area contributed by atoms with Crippen LogP contribution in [0.5, 0.6) is 5.75 Å². The number of halogens is 3. The second-order valence-corrected chi connectivity index (χ2v) is 11.6. The van der Waals surface area contributed by atoms with Gasteiger partial charge in [-0.1, -0.05) is 0 Å². The highest BCUT2D eigenvalue weighted by Gasteiger charge is 2.63. The van der Waals surface area contributed by atoms with Crippen molar-refractivity contribution in [2.45, 2.75) is 43.6 Å². The minimum absolute atomic E-state index is 0.132. The summed E-state index contributed by atoms with van der Waals surface area (Å²) in [7, 11) is 2.92. The van der Waals surface area contributed by atoms with Crippen LogP contribution >= 0.6 is 0 Å². The molecule has 4 aliphatic rings. The van der Waals surface area contributed by atoms with Crippen LogP contribution in [0.15, 0.2) is 28.7 Å². The Morgan fingerprint density at radius 3 is 2.50 bits per heavy atom. The van der Waals surface area contributed by atoms with Gasteiger partial charge in [0.15, 0.2) is 11.4 Å². The van der Waals surface area contributed by atoms with Crippen LogP contribution in [0.1, 0.15) is 39.9 Å². The molecular formula is C28H32F3N3O8. The summed E-state index contributed by atoms with van der Waals surface area (Å²) in [5, 5.41) is 47.5. The number of alkyl halides is 3. The number of aliphatic hydroxyl groups excluding tert-OH is 2. The van der Waals surface area contributed by atoms with E-state index in [0.717, 1.165) is 12.5 Å². The van der Waals surface area contributed by atoms with Crippen LogP contribution in [0.2, 0.25) is 0 Å². The number of nitrogens with two attached hydrogens (primary N) is 1. The van der Waals surface area contributed by atoms with Crippen LogP contribution < -0.4 is 11.1 Å². The molecule has 5 atom stereocenters. The molecule has 1 amide bonds. The molecule has 14 heteroatoms. The predicted octanol–water partition coefficient (Wildman–Crippen LogP) is 1.27. The summed E-state index contributed by atoms with van der Waals surface area (Å²) in [6.07, 6.45) is -4.91. The first-order chi connectivity index (χ1) is 19.6. The molecule has 1 saturated heterocycles. The molecule has 42 heavy (non-hydrogen) atoms. The van der Waals surface area contributed by atoms with Crippen molar-refractivity contribution in [2.24, 2.45) is 23.5 Å². The summed E-state index contributed by atoms with van der Waals surface area (Å²) >= 11 is 0. The number of carbonyl (C=O) groups excluding carboxylic acids is 3. The first-order valence-corrected chi connectivity index (χ1v) is 13.5. The lowest BCUT2D eigenvalue weighted by molar-refractivity contribution is -0.148. The van der Waals surface area contributed by atoms with Crippen LogP contribution in [0.25, 0.3) is 0 Å². The Labute approximate surface area is 238 Å². The molecule has 1 unspecified atom stereocenters. The summed E-state index contributed by atoms with van der Waals surface area (Å²) in [6, 6.07) is -0.392. The van der Waals surface area contributed by atoms with Crippen molar-refractivity contribution >= 4 is 17.5 Å². The zero-order valence-corrected chi connectivity index (χ0v) is 22.9. The van der Waals surface area contributed by atoms with Gasteiger partial charge < -0.3 is 36.2 Å². The summed E-state index contributed by atoms with van der Waals surface area (Å²) in [5.41, 5.74) is -1.55. The molecule has 11 nitrogen and oxygen atoms in total. The maximum atomic E-state index is 14.6. The minimum atomic E-state index is -4.91. The molecule has 228 valence electrons. The van der Waals surface area contributed by atoms with Gasteiger partial charge in [0.05, 0.1) is 23.8 Å². The van der Waals surface area contributed by atoms with E-state index in [1.54, 1.807) is 0 Å². The van der Waals surface area contributed by atoms with E-state index in [4.69, 9.17) is 10.5 Å². The van der Waals surface area contributed by atoms with Crippen molar-refractivity contribution in [3.05, 3.63) is 51.0 Å². The van der Waals surface area contributed by atoms with Crippen LogP contribution in [0, 0.1) is 17.8 Å². The third kappa shape index (κ3) is 4.48. The number of ether oxygens (including phenoxy) is 1. The fraction of sp³-hybridized carbons (Fsp3) is 0.536. The number of hydrogen-bond acceptors (Lipinski definition) is 10. The van der Waals surface area contributed by atoms with Gasteiger partial charge in [0, 0.05) is 31.2 Å². The van der Waals surface area contributed by atoms with Crippen molar-refractivity contribution in [3.63, 3.8) is 0 Å². The maximum absolute atomic E-state index is 14.6. The molecule has 1 heterocycles. The van der Waals surface area contributed by atoms with Crippen molar-refractivity contribution in [1.29, 1.82) is 0 Å². The second kappa shape index (κ2) is 10.4. The molecule has 1 aromatic carbocycles. The van der Waals surface area contributed by atoms with E-state index >= 15 is 0 Å². The molecular weight excluding hydrogens is 563 g/mol. The van der Waals surface area contributed by atoms with Crippen molar-refractivity contribution in [2.75, 3.05) is 33.9 Å². The number of rotatable bonds is 6. The number of aliphatic hydroxyl groups is 3. The predicted molar refractivity (Wildman–Crippen MR) is 139 cm³/mol. The van der Waals surface area contributed by atoms with Gasteiger partial charge in [0.2, 0.25) is 5.78 Å². The summed E-state index contributed by atoms with van der Waals surface area (Å²) in [6.45, 7) is 1.20. The first-order valence-electron chi connectivity index (χ1n) is 13.5. The van der Waals surface area contributed by atoms with E-state index in [2.05, 4.69) is 5.32 Å². The average molecular weight is 596 g/mol. The maximum Gasteiger partial charge on any atom is 0.417 e. The van der Waals surface area contributed by atoms with Gasteiger partial charge in [-0.15, -0.1) is 0 Å². The lowest BCUT2D eigenvalue weighted by Crippen LogP contribution is -2.63. The molecule has 1 fully saturated rings. The minimum Gasteiger partial charge on any atom is -0.510 e. The number of allylic oxidation sites excluding steroid dienone is 1. The number of phenolic OH excluding ortho intramolecular Hbond substituents is 1. The summed E-state index contributed by atoms with van der Waals surface area (Å²) in [4.78, 5) is 40.5. The van der Waals surface area contributed by atoms with Gasteiger partial charge >= 0.3 is 6.18 Å². The molecule has 1 aliphatic heterocycles. The zero-order chi connectivity index (χ0) is 30.9. The zero-order valence-electron chi connectivity index (χ0n) is 22.9. The molecule has 0 spiro atoms. The van der Waals surface area contributed by atoms with Gasteiger partial charge in [-0.2, -0.15) is 13.2 Å². The number of hydrogen-bond donors (Lipinski definition) is 6. The Morgan fingerprint density at radius 1 is 1.24 bits per heavy atom. The topological polar surface area (TPSA) is 183 Å². The standard InChI is InChI=1S/C28H32F3N3O8/c1-34(2)21-15-6-12-5-14-18(22(36)17(12)24(38)27(15,41)25(39)19(23(21)37)26(32)40)16(35)7-13(20(14)28(29,30)31)9-33-8-11-3-4-42-10-11/h7,11-12,15,21,33,35,37-38,41H,3-6,8-10H2,1-2H3,(H2,32,40)/t11?,12-,15-,21-,27-/m0/s1. The third-order valence-corrected chi connectivity index (χ3v) is 8.86. The van der Waals surface area contributed by atoms with Crippen molar-refractivity contribution in [1.82, 2.24) is 10.2 Å². The Balaban J connectivity index is 1.63. The highest BCUT2D eigenvalue weighted by molar-refractivity contribution is 6.24. The van der Waals surface area contributed by atoms with Crippen LogP contribution in [0.3, 0.4) is 0 Å². The Kier molecular flexibility index (Phi) is 7.41. The number of amides is 1. The molecule has 3 aliphatic carbocycles. The molecule has 0 bridgehead atoms. The SMILES string of the molecule is CN(C)[C@@H]1C(O)=C(C(N)=O)C(=O)[C@@]2(O)C(O)=C3C(=O)c4c(O)cc(CNCC5CCOC5)c(C(F)(F)F)c4C[C@H]3C[C@@H]12. The Bertz CT molecular complexity index is 1430. The largest absolute Gasteiger partial charge is 0.510 e. The molecule has 0 aromatic heterocycles. The third-order valence-electron chi connectivity index (χ3n) is 8.86. The quantitative estimate of drug-likeness (QED) is 0.262. The monoisotopic (exact) mass is 595 g/mol. The lowest BCUT2D eigenvalue weighted by atomic mass is 9.58. The van der Waals surface area contributed by atoms with Crippen LogP contribution in [-0.4, -0.2) is 88.3 Å². The summed E-state index contributed by atoms with van der Waals surface area (Å²) < 4.78 is 49.0. The van der Waals surface area contributed by atoms with Gasteiger partial charge in [0.1, 0.15) is 22.8 Å². The number of Topliss-reactive ketones (excluding diaryl/α,β-unsaturated/α-hetero) is 2. The number of likely N-dealkylation sites (N-methyl/N-ethyl adjacent to an activating group) is 1. The van der Waals surface area contributed by atoms with E-state index in [1.807, 2.05) is 0 Å². The molecule has 0 saturated carbocycles. The average Bonchev–Trinajstić information content (AvgIpc) is 3.38. The molecule has 5 rings (SSSR count). The highest BCUT2D eigenvalue weighted by Crippen LogP contribution is 2.53. The number of fused-ring (bicyclic) bond motifs is 3. The number of primary amides is 1. The van der Waals surface area contributed by atoms with Gasteiger partial charge in [-0.25, -0.2) is 0 Å². The number of phenols is 1. The summed E-state index contributed by atoms with van der Waals surface area (Å²) in [5.74, 6) is -8.94. The van der Waals surface area contributed by atoms with Gasteiger partial charge in [-0.3, -0.25) is 19.3 Å². The van der Waals surface area contributed by atoms with Crippen molar-refractivity contribution in [3.8, 4) is 5.75 Å². The van der Waals surface area contributed by atoms with E-state index in [0.29, 0.717) is 19.8 Å². The van der Waals surface area contributed by atoms with Crippen molar-refractivity contribution < 1.29 is 52.7 Å². The number of aromatic hydroxyl groups is 1. The fourth-order valence-electron chi connectivity index (χ4n) is 7.04.